The van der Waals surface area contributed by atoms with Crippen molar-refractivity contribution in [2.45, 2.75) is 50.7 Å². The molecular weight excluding hydrogens is 346 g/mol. The largest absolute Gasteiger partial charge is 0.385 e. The molecular formula is C24H29N3O. The average molecular weight is 376 g/mol. The summed E-state index contributed by atoms with van der Waals surface area (Å²) >= 11 is 0. The van der Waals surface area contributed by atoms with Crippen molar-refractivity contribution in [1.82, 2.24) is 14.5 Å². The highest BCUT2D eigenvalue weighted by Crippen LogP contribution is 2.44. The van der Waals surface area contributed by atoms with Crippen LogP contribution in [0.2, 0.25) is 0 Å². The van der Waals surface area contributed by atoms with Crippen molar-refractivity contribution in [3.8, 4) is 0 Å². The number of aliphatic hydroxyl groups is 1. The molecule has 5 rings (SSSR count). The van der Waals surface area contributed by atoms with Crippen LogP contribution in [0.25, 0.3) is 10.9 Å². The molecule has 0 aliphatic carbocycles. The van der Waals surface area contributed by atoms with Gasteiger partial charge in [-0.2, -0.15) is 0 Å². The maximum absolute atomic E-state index is 11.7. The molecule has 0 amide bonds. The van der Waals surface area contributed by atoms with E-state index in [1.54, 1.807) is 6.20 Å². The number of hydrogen-bond acceptors (Lipinski definition) is 3. The molecule has 0 spiro atoms. The van der Waals surface area contributed by atoms with Crippen LogP contribution in [0.5, 0.6) is 0 Å². The van der Waals surface area contributed by atoms with Gasteiger partial charge >= 0.3 is 0 Å². The number of pyridine rings is 1. The summed E-state index contributed by atoms with van der Waals surface area (Å²) in [6, 6.07) is 10.9. The smallest absolute Gasteiger partial charge is 0.0918 e. The van der Waals surface area contributed by atoms with Crippen LogP contribution in [0.4, 0.5) is 0 Å². The monoisotopic (exact) mass is 375 g/mol. The van der Waals surface area contributed by atoms with Crippen molar-refractivity contribution in [1.29, 1.82) is 0 Å². The van der Waals surface area contributed by atoms with E-state index >= 15 is 0 Å². The Labute approximate surface area is 166 Å². The molecule has 2 atom stereocenters. The second-order valence-electron chi connectivity index (χ2n) is 8.83. The van der Waals surface area contributed by atoms with Gasteiger partial charge in [0.05, 0.1) is 5.60 Å². The highest BCUT2D eigenvalue weighted by molar-refractivity contribution is 5.86. The van der Waals surface area contributed by atoms with Crippen LogP contribution < -0.4 is 0 Å². The Kier molecular flexibility index (Phi) is 4.29. The summed E-state index contributed by atoms with van der Waals surface area (Å²) in [5.41, 5.74) is 5.82. The Hall–Kier alpha value is -2.17. The molecule has 146 valence electrons. The zero-order chi connectivity index (χ0) is 19.3. The molecule has 1 aromatic carbocycles. The van der Waals surface area contributed by atoms with Gasteiger partial charge in [0.25, 0.3) is 0 Å². The van der Waals surface area contributed by atoms with Crippen LogP contribution in [0.3, 0.4) is 0 Å². The second-order valence-corrected chi connectivity index (χ2v) is 8.83. The molecule has 2 unspecified atom stereocenters. The molecule has 2 aromatic heterocycles. The van der Waals surface area contributed by atoms with Gasteiger partial charge in [-0.25, -0.2) is 0 Å². The molecule has 2 aliphatic heterocycles. The van der Waals surface area contributed by atoms with E-state index in [0.717, 1.165) is 50.9 Å². The number of rotatable bonds is 1. The first-order chi connectivity index (χ1) is 13.5. The van der Waals surface area contributed by atoms with Crippen LogP contribution in [-0.2, 0) is 18.6 Å². The van der Waals surface area contributed by atoms with E-state index in [4.69, 9.17) is 0 Å². The van der Waals surface area contributed by atoms with Crippen molar-refractivity contribution in [2.75, 3.05) is 20.1 Å². The predicted octanol–water partition coefficient (Wildman–Crippen LogP) is 3.99. The second kappa shape index (κ2) is 6.71. The minimum Gasteiger partial charge on any atom is -0.385 e. The molecule has 4 nitrogen and oxygen atoms in total. The minimum atomic E-state index is -0.807. The molecule has 4 heteroatoms. The molecule has 0 saturated carbocycles. The van der Waals surface area contributed by atoms with E-state index in [0.29, 0.717) is 5.92 Å². The van der Waals surface area contributed by atoms with Crippen LogP contribution in [-0.4, -0.2) is 39.7 Å². The lowest BCUT2D eigenvalue weighted by Gasteiger charge is -2.36. The van der Waals surface area contributed by atoms with Gasteiger partial charge in [-0.1, -0.05) is 17.7 Å². The van der Waals surface area contributed by atoms with E-state index in [-0.39, 0.29) is 0 Å². The molecule has 4 heterocycles. The van der Waals surface area contributed by atoms with Gasteiger partial charge in [0, 0.05) is 60.1 Å². The Morgan fingerprint density at radius 3 is 2.93 bits per heavy atom. The molecule has 3 aromatic rings. The molecule has 28 heavy (non-hydrogen) atoms. The van der Waals surface area contributed by atoms with Gasteiger partial charge in [0.1, 0.15) is 0 Å². The van der Waals surface area contributed by atoms with Crippen molar-refractivity contribution >= 4 is 10.9 Å². The van der Waals surface area contributed by atoms with E-state index in [1.807, 2.05) is 18.3 Å². The first-order valence-electron chi connectivity index (χ1n) is 10.5. The average Bonchev–Trinajstić information content (AvgIpc) is 2.88. The number of benzene rings is 1. The first kappa shape index (κ1) is 17.9. The molecule has 0 bridgehead atoms. The fourth-order valence-electron chi connectivity index (χ4n) is 5.49. The van der Waals surface area contributed by atoms with Gasteiger partial charge in [-0.15, -0.1) is 0 Å². The minimum absolute atomic E-state index is 0.320. The lowest BCUT2D eigenvalue weighted by Crippen LogP contribution is -2.35. The van der Waals surface area contributed by atoms with Gasteiger partial charge in [0.15, 0.2) is 0 Å². The van der Waals surface area contributed by atoms with Crippen LogP contribution in [0, 0.1) is 6.92 Å². The Morgan fingerprint density at radius 1 is 1.21 bits per heavy atom. The SMILES string of the molecule is Cc1ccc2c(c1)c1c3n2CCCC(O)(c2cccnc2)CC3CN(C)CC1. The van der Waals surface area contributed by atoms with Crippen molar-refractivity contribution in [2.24, 2.45) is 0 Å². The number of aryl methyl sites for hydroxylation is 2. The number of aromatic nitrogens is 2. The zero-order valence-corrected chi connectivity index (χ0v) is 16.9. The highest BCUT2D eigenvalue weighted by atomic mass is 16.3. The van der Waals surface area contributed by atoms with Gasteiger partial charge in [0.2, 0.25) is 0 Å². The van der Waals surface area contributed by atoms with Crippen molar-refractivity contribution in [3.05, 3.63) is 65.1 Å². The fourth-order valence-corrected chi connectivity index (χ4v) is 5.49. The summed E-state index contributed by atoms with van der Waals surface area (Å²) < 4.78 is 2.57. The van der Waals surface area contributed by atoms with E-state index < -0.39 is 5.60 Å². The third-order valence-electron chi connectivity index (χ3n) is 6.79. The van der Waals surface area contributed by atoms with Gasteiger partial charge in [-0.3, -0.25) is 4.98 Å². The number of fused-ring (bicyclic) bond motifs is 3. The molecule has 0 saturated heterocycles. The standard InChI is InChI=1S/C24H29N3O/c1-17-6-7-22-21(13-17)20-8-12-26(2)16-18-14-24(28,19-5-3-10-25-15-19)9-4-11-27(22)23(18)20/h3,5-7,10,13,15,18,28H,4,8-9,11-12,14,16H2,1-2H3. The first-order valence-corrected chi connectivity index (χ1v) is 10.5. The van der Waals surface area contributed by atoms with Crippen LogP contribution in [0.1, 0.15) is 47.6 Å². The summed E-state index contributed by atoms with van der Waals surface area (Å²) in [6.45, 7) is 5.22. The van der Waals surface area contributed by atoms with Crippen LogP contribution >= 0.6 is 0 Å². The highest BCUT2D eigenvalue weighted by Gasteiger charge is 2.38. The maximum atomic E-state index is 11.7. The van der Waals surface area contributed by atoms with Crippen molar-refractivity contribution < 1.29 is 5.11 Å². The van der Waals surface area contributed by atoms with E-state index in [2.05, 4.69) is 46.6 Å². The van der Waals surface area contributed by atoms with E-state index in [1.165, 1.54) is 27.7 Å². The van der Waals surface area contributed by atoms with E-state index in [9.17, 15) is 5.11 Å². The summed E-state index contributed by atoms with van der Waals surface area (Å²) in [7, 11) is 2.21. The number of nitrogens with zero attached hydrogens (tertiary/aromatic N) is 3. The third-order valence-corrected chi connectivity index (χ3v) is 6.79. The lowest BCUT2D eigenvalue weighted by molar-refractivity contribution is 0.00202. The zero-order valence-electron chi connectivity index (χ0n) is 16.9. The molecule has 0 radical (unpaired) electrons. The number of likely N-dealkylation sites (N-methyl/N-ethyl adjacent to an activating group) is 1. The van der Waals surface area contributed by atoms with Crippen LogP contribution in [0.15, 0.2) is 42.7 Å². The molecule has 0 fully saturated rings. The number of hydrogen-bond donors (Lipinski definition) is 1. The fraction of sp³-hybridized carbons (Fsp3) is 0.458. The summed E-state index contributed by atoms with van der Waals surface area (Å²) in [6.07, 6.45) is 7.22. The third kappa shape index (κ3) is 2.87. The predicted molar refractivity (Wildman–Crippen MR) is 113 cm³/mol. The molecule has 2 aliphatic rings. The summed E-state index contributed by atoms with van der Waals surface area (Å²) in [4.78, 5) is 6.72. The Morgan fingerprint density at radius 2 is 2.11 bits per heavy atom. The quantitative estimate of drug-likeness (QED) is 0.699. The normalized spacial score (nSPS) is 25.8. The lowest BCUT2D eigenvalue weighted by atomic mass is 9.79. The van der Waals surface area contributed by atoms with Gasteiger partial charge < -0.3 is 14.6 Å². The summed E-state index contributed by atoms with van der Waals surface area (Å²) in [5.74, 6) is 0.320. The van der Waals surface area contributed by atoms with Gasteiger partial charge in [-0.05, 0) is 63.4 Å². The van der Waals surface area contributed by atoms with Crippen molar-refractivity contribution in [3.63, 3.8) is 0 Å². The summed E-state index contributed by atoms with van der Waals surface area (Å²) in [5, 5.41) is 13.1. The topological polar surface area (TPSA) is 41.3 Å². The Bertz CT molecular complexity index is 1010. The maximum Gasteiger partial charge on any atom is 0.0918 e. The Balaban J connectivity index is 1.68. The molecule has 1 N–H and O–H groups in total.